The van der Waals surface area contributed by atoms with Crippen LogP contribution in [-0.2, 0) is 20.9 Å². The molecule has 6 heteroatoms. The van der Waals surface area contributed by atoms with Crippen LogP contribution >= 0.6 is 0 Å². The topological polar surface area (TPSA) is 75.3 Å². The number of carbonyl (C=O) groups excluding carboxylic acids is 2. The number of aryl methyl sites for hydroxylation is 1. The van der Waals surface area contributed by atoms with Crippen molar-refractivity contribution in [2.45, 2.75) is 25.8 Å². The lowest BCUT2D eigenvalue weighted by Crippen LogP contribution is -2.31. The Morgan fingerprint density at radius 1 is 1.23 bits per heavy atom. The van der Waals surface area contributed by atoms with Crippen molar-refractivity contribution in [1.82, 2.24) is 9.47 Å². The van der Waals surface area contributed by atoms with Gasteiger partial charge in [-0.3, -0.25) is 4.79 Å². The number of esters is 1. The number of likely N-dealkylation sites (tertiary alicyclic amines) is 1. The van der Waals surface area contributed by atoms with Gasteiger partial charge in [0.1, 0.15) is 0 Å². The monoisotopic (exact) mass is 351 g/mol. The Morgan fingerprint density at radius 3 is 2.77 bits per heavy atom. The van der Waals surface area contributed by atoms with Gasteiger partial charge >= 0.3 is 5.97 Å². The van der Waals surface area contributed by atoms with Crippen molar-refractivity contribution in [2.24, 2.45) is 0 Å². The molecule has 3 rings (SSSR count). The third kappa shape index (κ3) is 4.12. The number of amides is 1. The van der Waals surface area contributed by atoms with E-state index < -0.39 is 5.97 Å². The summed E-state index contributed by atoms with van der Waals surface area (Å²) in [6, 6.07) is 9.97. The van der Waals surface area contributed by atoms with E-state index in [1.807, 2.05) is 35.0 Å². The zero-order chi connectivity index (χ0) is 18.4. The number of hydrogen-bond donors (Lipinski definition) is 0. The maximum absolute atomic E-state index is 11.9. The molecule has 0 saturated carbocycles. The van der Waals surface area contributed by atoms with Gasteiger partial charge in [-0.15, -0.1) is 0 Å². The van der Waals surface area contributed by atoms with E-state index in [9.17, 15) is 9.59 Å². The van der Waals surface area contributed by atoms with Crippen LogP contribution in [0.1, 0.15) is 24.8 Å². The van der Waals surface area contributed by atoms with Crippen molar-refractivity contribution in [3.05, 3.63) is 42.1 Å². The summed E-state index contributed by atoms with van der Waals surface area (Å²) in [5.41, 5.74) is 1.89. The number of benzene rings is 1. The zero-order valence-corrected chi connectivity index (χ0v) is 14.6. The van der Waals surface area contributed by atoms with E-state index in [4.69, 9.17) is 10.00 Å². The SMILES string of the molecule is N#CCCn1cc(C=CC(=O)OCC(=O)N2CCCC2)c2ccccc21. The van der Waals surface area contributed by atoms with Crippen molar-refractivity contribution in [1.29, 1.82) is 5.26 Å². The first-order chi connectivity index (χ1) is 12.7. The van der Waals surface area contributed by atoms with Gasteiger partial charge in [-0.1, -0.05) is 18.2 Å². The molecule has 0 N–H and O–H groups in total. The molecule has 0 spiro atoms. The molecule has 2 aromatic rings. The molecule has 1 aliphatic rings. The summed E-state index contributed by atoms with van der Waals surface area (Å²) in [6.45, 7) is 1.87. The lowest BCUT2D eigenvalue weighted by atomic mass is 10.1. The number of rotatable bonds is 6. The summed E-state index contributed by atoms with van der Waals surface area (Å²) in [6.07, 6.45) is 7.39. The highest BCUT2D eigenvalue weighted by Gasteiger charge is 2.18. The van der Waals surface area contributed by atoms with Gasteiger partial charge in [0.15, 0.2) is 6.61 Å². The Labute approximate surface area is 152 Å². The van der Waals surface area contributed by atoms with Gasteiger partial charge in [0.05, 0.1) is 12.5 Å². The molecule has 0 unspecified atom stereocenters. The molecule has 1 amide bonds. The molecule has 0 bridgehead atoms. The molecule has 1 saturated heterocycles. The fraction of sp³-hybridized carbons (Fsp3) is 0.350. The standard InChI is InChI=1S/C20H21N3O3/c21-10-5-13-23-14-16(17-6-1-2-7-18(17)23)8-9-20(25)26-15-19(24)22-11-3-4-12-22/h1-2,6-9,14H,3-5,11-13,15H2. The van der Waals surface area contributed by atoms with Gasteiger partial charge in [0.25, 0.3) is 5.91 Å². The van der Waals surface area contributed by atoms with Crippen molar-refractivity contribution < 1.29 is 14.3 Å². The smallest absolute Gasteiger partial charge is 0.331 e. The molecular weight excluding hydrogens is 330 g/mol. The van der Waals surface area contributed by atoms with Gasteiger partial charge in [0.2, 0.25) is 0 Å². The molecule has 1 aliphatic heterocycles. The van der Waals surface area contributed by atoms with Gasteiger partial charge in [-0.2, -0.15) is 5.26 Å². The van der Waals surface area contributed by atoms with Crippen LogP contribution in [0.15, 0.2) is 36.5 Å². The van der Waals surface area contributed by atoms with Crippen LogP contribution in [-0.4, -0.2) is 41.0 Å². The van der Waals surface area contributed by atoms with Crippen LogP contribution in [0.5, 0.6) is 0 Å². The Morgan fingerprint density at radius 2 is 2.00 bits per heavy atom. The summed E-state index contributed by atoms with van der Waals surface area (Å²) in [5, 5.41) is 9.80. The fourth-order valence-corrected chi connectivity index (χ4v) is 3.16. The number of para-hydroxylation sites is 1. The van der Waals surface area contributed by atoms with Crippen molar-refractivity contribution in [3.63, 3.8) is 0 Å². The summed E-state index contributed by atoms with van der Waals surface area (Å²) >= 11 is 0. The molecule has 26 heavy (non-hydrogen) atoms. The number of carbonyl (C=O) groups is 2. The lowest BCUT2D eigenvalue weighted by molar-refractivity contribution is -0.147. The van der Waals surface area contributed by atoms with Gasteiger partial charge < -0.3 is 14.2 Å². The Hall–Kier alpha value is -3.07. The van der Waals surface area contributed by atoms with Crippen molar-refractivity contribution >= 4 is 28.9 Å². The van der Waals surface area contributed by atoms with Gasteiger partial charge in [-0.05, 0) is 25.0 Å². The third-order valence-electron chi connectivity index (χ3n) is 4.48. The maximum atomic E-state index is 11.9. The summed E-state index contributed by atoms with van der Waals surface area (Å²) in [7, 11) is 0. The van der Waals surface area contributed by atoms with Gasteiger partial charge in [-0.25, -0.2) is 4.79 Å². The number of aromatic nitrogens is 1. The highest BCUT2D eigenvalue weighted by atomic mass is 16.5. The van der Waals surface area contributed by atoms with E-state index in [2.05, 4.69) is 6.07 Å². The number of hydrogen-bond acceptors (Lipinski definition) is 4. The molecule has 2 heterocycles. The Bertz CT molecular complexity index is 870. The van der Waals surface area contributed by atoms with Crippen LogP contribution in [0.4, 0.5) is 0 Å². The van der Waals surface area contributed by atoms with Gasteiger partial charge in [0, 0.05) is 48.4 Å². The van der Waals surface area contributed by atoms with Crippen LogP contribution < -0.4 is 0 Å². The lowest BCUT2D eigenvalue weighted by Gasteiger charge is -2.14. The van der Waals surface area contributed by atoms with E-state index in [0.717, 1.165) is 42.4 Å². The molecule has 1 aromatic heterocycles. The molecule has 0 atom stereocenters. The normalized spacial score (nSPS) is 14.0. The minimum absolute atomic E-state index is 0.141. The second kappa shape index (κ2) is 8.34. The van der Waals surface area contributed by atoms with Crippen molar-refractivity contribution in [3.8, 4) is 6.07 Å². The van der Waals surface area contributed by atoms with E-state index >= 15 is 0 Å². The van der Waals surface area contributed by atoms with E-state index in [0.29, 0.717) is 13.0 Å². The summed E-state index contributed by atoms with van der Waals surface area (Å²) in [4.78, 5) is 25.5. The highest BCUT2D eigenvalue weighted by molar-refractivity contribution is 5.95. The molecular formula is C20H21N3O3. The number of ether oxygens (including phenoxy) is 1. The number of nitrogens with zero attached hydrogens (tertiary/aromatic N) is 3. The molecule has 134 valence electrons. The fourth-order valence-electron chi connectivity index (χ4n) is 3.16. The predicted octanol–water partition coefficient (Wildman–Crippen LogP) is 2.73. The summed E-state index contributed by atoms with van der Waals surface area (Å²) < 4.78 is 7.06. The molecule has 0 radical (unpaired) electrons. The molecule has 0 aliphatic carbocycles. The highest BCUT2D eigenvalue weighted by Crippen LogP contribution is 2.22. The number of fused-ring (bicyclic) bond motifs is 1. The Balaban J connectivity index is 1.65. The first-order valence-corrected chi connectivity index (χ1v) is 8.76. The van der Waals surface area contributed by atoms with Crippen LogP contribution in [0.3, 0.4) is 0 Å². The van der Waals surface area contributed by atoms with E-state index in [1.165, 1.54) is 6.08 Å². The average Bonchev–Trinajstić information content (AvgIpc) is 3.31. The first-order valence-electron chi connectivity index (χ1n) is 8.76. The largest absolute Gasteiger partial charge is 0.452 e. The van der Waals surface area contributed by atoms with Crippen LogP contribution in [0.25, 0.3) is 17.0 Å². The second-order valence-corrected chi connectivity index (χ2v) is 6.23. The van der Waals surface area contributed by atoms with E-state index in [-0.39, 0.29) is 12.5 Å². The Kier molecular flexibility index (Phi) is 5.69. The maximum Gasteiger partial charge on any atom is 0.331 e. The van der Waals surface area contributed by atoms with E-state index in [1.54, 1.807) is 11.0 Å². The van der Waals surface area contributed by atoms with Crippen molar-refractivity contribution in [2.75, 3.05) is 19.7 Å². The predicted molar refractivity (Wildman–Crippen MR) is 98.0 cm³/mol. The van der Waals surface area contributed by atoms with Crippen LogP contribution in [0, 0.1) is 11.3 Å². The molecule has 1 aromatic carbocycles. The first kappa shape index (κ1) is 17.7. The number of nitriles is 1. The quantitative estimate of drug-likeness (QED) is 0.592. The molecule has 1 fully saturated rings. The minimum atomic E-state index is -0.536. The minimum Gasteiger partial charge on any atom is -0.452 e. The zero-order valence-electron chi connectivity index (χ0n) is 14.6. The van der Waals surface area contributed by atoms with Crippen LogP contribution in [0.2, 0.25) is 0 Å². The second-order valence-electron chi connectivity index (χ2n) is 6.23. The molecule has 6 nitrogen and oxygen atoms in total. The average molecular weight is 351 g/mol. The third-order valence-corrected chi connectivity index (χ3v) is 4.48. The summed E-state index contributed by atoms with van der Waals surface area (Å²) in [5.74, 6) is -0.677.